The van der Waals surface area contributed by atoms with Crippen LogP contribution in [0.5, 0.6) is 0 Å². The summed E-state index contributed by atoms with van der Waals surface area (Å²) in [5.41, 5.74) is 2.38. The van der Waals surface area contributed by atoms with E-state index < -0.39 is 0 Å². The predicted molar refractivity (Wildman–Crippen MR) is 97.0 cm³/mol. The second-order valence-corrected chi connectivity index (χ2v) is 6.21. The minimum Gasteiger partial charge on any atom is -0.371 e. The summed E-state index contributed by atoms with van der Waals surface area (Å²) < 4.78 is 0. The molecule has 0 aliphatic carbocycles. The van der Waals surface area contributed by atoms with Crippen molar-refractivity contribution in [3.05, 3.63) is 66.7 Å². The average molecular weight is 303 g/mol. The summed E-state index contributed by atoms with van der Waals surface area (Å²) in [5.74, 6) is 1.64. The van der Waals surface area contributed by atoms with E-state index in [0.717, 1.165) is 31.0 Å². The molecule has 0 radical (unpaired) electrons. The molecular weight excluding hydrogens is 282 g/mol. The zero-order valence-corrected chi connectivity index (χ0v) is 13.2. The maximum absolute atomic E-state index is 4.69. The van der Waals surface area contributed by atoms with Crippen molar-refractivity contribution in [2.45, 2.75) is 6.42 Å². The Labute approximate surface area is 137 Å². The van der Waals surface area contributed by atoms with Gasteiger partial charge in [-0.15, -0.1) is 0 Å². The molecule has 116 valence electrons. The lowest BCUT2D eigenvalue weighted by molar-refractivity contribution is 0.621. The van der Waals surface area contributed by atoms with E-state index in [1.54, 1.807) is 0 Å². The molecule has 0 amide bonds. The van der Waals surface area contributed by atoms with Crippen LogP contribution in [0.3, 0.4) is 0 Å². The fourth-order valence-corrected chi connectivity index (χ4v) is 3.29. The molecule has 1 aromatic heterocycles. The third kappa shape index (κ3) is 3.14. The van der Waals surface area contributed by atoms with Crippen LogP contribution in [-0.4, -0.2) is 24.6 Å². The summed E-state index contributed by atoms with van der Waals surface area (Å²) in [5, 5.41) is 4.70. The highest BCUT2D eigenvalue weighted by Gasteiger charge is 2.22. The van der Waals surface area contributed by atoms with Crippen LogP contribution in [0.25, 0.3) is 10.9 Å². The van der Waals surface area contributed by atoms with E-state index in [2.05, 4.69) is 69.8 Å². The van der Waals surface area contributed by atoms with Crippen molar-refractivity contribution in [3.63, 3.8) is 0 Å². The summed E-state index contributed by atoms with van der Waals surface area (Å²) in [6, 6.07) is 23.1. The first kappa shape index (κ1) is 14.1. The van der Waals surface area contributed by atoms with E-state index >= 15 is 0 Å². The zero-order valence-electron chi connectivity index (χ0n) is 13.2. The molecule has 23 heavy (non-hydrogen) atoms. The number of pyridine rings is 1. The third-order valence-corrected chi connectivity index (χ3v) is 4.58. The van der Waals surface area contributed by atoms with Crippen molar-refractivity contribution in [2.24, 2.45) is 5.92 Å². The molecule has 3 nitrogen and oxygen atoms in total. The third-order valence-electron chi connectivity index (χ3n) is 4.58. The number of aromatic nitrogens is 1. The average Bonchev–Trinajstić information content (AvgIpc) is 3.10. The van der Waals surface area contributed by atoms with Crippen molar-refractivity contribution >= 4 is 22.4 Å². The van der Waals surface area contributed by atoms with Crippen LogP contribution in [-0.2, 0) is 0 Å². The van der Waals surface area contributed by atoms with Gasteiger partial charge in [0.25, 0.3) is 0 Å². The first-order chi connectivity index (χ1) is 11.4. The molecule has 0 unspecified atom stereocenters. The van der Waals surface area contributed by atoms with Gasteiger partial charge in [-0.2, -0.15) is 0 Å². The number of nitrogens with zero attached hydrogens (tertiary/aromatic N) is 2. The van der Waals surface area contributed by atoms with Crippen molar-refractivity contribution in [1.29, 1.82) is 0 Å². The largest absolute Gasteiger partial charge is 0.371 e. The molecule has 1 saturated heterocycles. The molecule has 3 heteroatoms. The SMILES string of the molecule is c1ccc(N2CC[C@@H](CNc3ccc4ccccc4n3)C2)cc1. The van der Waals surface area contributed by atoms with Crippen molar-refractivity contribution in [1.82, 2.24) is 4.98 Å². The van der Waals surface area contributed by atoms with Gasteiger partial charge in [0.1, 0.15) is 5.82 Å². The molecule has 0 spiro atoms. The lowest BCUT2D eigenvalue weighted by atomic mass is 10.1. The maximum Gasteiger partial charge on any atom is 0.126 e. The molecule has 3 aromatic rings. The van der Waals surface area contributed by atoms with Crippen LogP contribution in [0, 0.1) is 5.92 Å². The van der Waals surface area contributed by atoms with Crippen LogP contribution < -0.4 is 10.2 Å². The topological polar surface area (TPSA) is 28.2 Å². The Morgan fingerprint density at radius 1 is 0.957 bits per heavy atom. The number of hydrogen-bond donors (Lipinski definition) is 1. The Morgan fingerprint density at radius 3 is 2.70 bits per heavy atom. The molecule has 1 aliphatic heterocycles. The van der Waals surface area contributed by atoms with Gasteiger partial charge in [-0.25, -0.2) is 4.98 Å². The van der Waals surface area contributed by atoms with E-state index in [1.165, 1.54) is 17.5 Å². The van der Waals surface area contributed by atoms with Gasteiger partial charge in [-0.3, -0.25) is 0 Å². The summed E-state index contributed by atoms with van der Waals surface area (Å²) in [4.78, 5) is 7.16. The second-order valence-electron chi connectivity index (χ2n) is 6.21. The Kier molecular flexibility index (Phi) is 3.85. The van der Waals surface area contributed by atoms with E-state index in [9.17, 15) is 0 Å². The maximum atomic E-state index is 4.69. The highest BCUT2D eigenvalue weighted by Crippen LogP contribution is 2.24. The van der Waals surface area contributed by atoms with Gasteiger partial charge in [-0.05, 0) is 42.7 Å². The van der Waals surface area contributed by atoms with E-state index in [-0.39, 0.29) is 0 Å². The quantitative estimate of drug-likeness (QED) is 0.784. The minimum atomic E-state index is 0.670. The normalized spacial score (nSPS) is 17.6. The van der Waals surface area contributed by atoms with E-state index in [4.69, 9.17) is 0 Å². The molecule has 4 rings (SSSR count). The highest BCUT2D eigenvalue weighted by molar-refractivity contribution is 5.80. The van der Waals surface area contributed by atoms with Crippen LogP contribution >= 0.6 is 0 Å². The molecule has 2 aromatic carbocycles. The number of hydrogen-bond acceptors (Lipinski definition) is 3. The number of nitrogens with one attached hydrogen (secondary N) is 1. The van der Waals surface area contributed by atoms with Crippen molar-refractivity contribution in [2.75, 3.05) is 29.9 Å². The summed E-state index contributed by atoms with van der Waals surface area (Å²) in [6.07, 6.45) is 1.23. The number of fused-ring (bicyclic) bond motifs is 1. The van der Waals surface area contributed by atoms with Gasteiger partial charge in [0.2, 0.25) is 0 Å². The molecule has 0 saturated carbocycles. The second kappa shape index (κ2) is 6.29. The molecule has 1 fully saturated rings. The van der Waals surface area contributed by atoms with Crippen LogP contribution in [0.15, 0.2) is 66.7 Å². The van der Waals surface area contributed by atoms with Crippen LogP contribution in [0.2, 0.25) is 0 Å². The molecule has 1 atom stereocenters. The van der Waals surface area contributed by atoms with Crippen LogP contribution in [0.4, 0.5) is 11.5 Å². The molecule has 0 bridgehead atoms. The van der Waals surface area contributed by atoms with Crippen molar-refractivity contribution < 1.29 is 0 Å². The van der Waals surface area contributed by atoms with Crippen molar-refractivity contribution in [3.8, 4) is 0 Å². The number of benzene rings is 2. The lowest BCUT2D eigenvalue weighted by Crippen LogP contribution is -2.22. The number of para-hydroxylation sites is 2. The number of rotatable bonds is 4. The highest BCUT2D eigenvalue weighted by atomic mass is 15.2. The molecule has 1 aliphatic rings. The Morgan fingerprint density at radius 2 is 1.78 bits per heavy atom. The smallest absolute Gasteiger partial charge is 0.126 e. The van der Waals surface area contributed by atoms with E-state index in [1.807, 2.05) is 12.1 Å². The summed E-state index contributed by atoms with van der Waals surface area (Å²) in [7, 11) is 0. The molecule has 2 heterocycles. The Balaban J connectivity index is 1.37. The number of anilines is 2. The van der Waals surface area contributed by atoms with Crippen LogP contribution in [0.1, 0.15) is 6.42 Å². The van der Waals surface area contributed by atoms with Gasteiger partial charge >= 0.3 is 0 Å². The summed E-state index contributed by atoms with van der Waals surface area (Å²) in [6.45, 7) is 3.24. The standard InChI is InChI=1S/C20H21N3/c1-2-7-18(8-3-1)23-13-12-16(15-23)14-21-20-11-10-17-6-4-5-9-19(17)22-20/h1-11,16H,12-15H2,(H,21,22)/t16-/m0/s1. The van der Waals surface area contributed by atoms with E-state index in [0.29, 0.717) is 5.92 Å². The summed E-state index contributed by atoms with van der Waals surface area (Å²) >= 11 is 0. The monoisotopic (exact) mass is 303 g/mol. The van der Waals surface area contributed by atoms with Gasteiger partial charge in [-0.1, -0.05) is 36.4 Å². The molecular formula is C20H21N3. The Bertz CT molecular complexity index is 785. The van der Waals surface area contributed by atoms with Gasteiger partial charge in [0.05, 0.1) is 5.52 Å². The first-order valence-electron chi connectivity index (χ1n) is 8.28. The van der Waals surface area contributed by atoms with Gasteiger partial charge in [0, 0.05) is 30.7 Å². The fourth-order valence-electron chi connectivity index (χ4n) is 3.29. The van der Waals surface area contributed by atoms with Gasteiger partial charge in [0.15, 0.2) is 0 Å². The minimum absolute atomic E-state index is 0.670. The Hall–Kier alpha value is -2.55. The van der Waals surface area contributed by atoms with Gasteiger partial charge < -0.3 is 10.2 Å². The fraction of sp³-hybridized carbons (Fsp3) is 0.250. The zero-order chi connectivity index (χ0) is 15.5. The predicted octanol–water partition coefficient (Wildman–Crippen LogP) is 4.17. The first-order valence-corrected chi connectivity index (χ1v) is 8.28. The molecule has 1 N–H and O–H groups in total. The lowest BCUT2D eigenvalue weighted by Gasteiger charge is -2.18.